The highest BCUT2D eigenvalue weighted by atomic mass is 19.1. The third kappa shape index (κ3) is 3.28. The van der Waals surface area contributed by atoms with Gasteiger partial charge in [0.25, 0.3) is 0 Å². The molecule has 1 N–H and O–H groups in total. The summed E-state index contributed by atoms with van der Waals surface area (Å²) in [7, 11) is 0. The van der Waals surface area contributed by atoms with Crippen LogP contribution in [-0.2, 0) is 4.79 Å². The topological polar surface area (TPSA) is 52.9 Å². The number of nitriles is 1. The third-order valence-corrected chi connectivity index (χ3v) is 2.67. The van der Waals surface area contributed by atoms with E-state index in [1.54, 1.807) is 19.9 Å². The van der Waals surface area contributed by atoms with Gasteiger partial charge in [0.2, 0.25) is 5.91 Å². The molecular weight excluding hydrogens is 219 g/mol. The SMILES string of the molecule is C/C=C(F)/C=C\C(=C/C)NC(=O)C1(C#N)CC1. The Labute approximate surface area is 100 Å². The maximum atomic E-state index is 12.9. The van der Waals surface area contributed by atoms with Gasteiger partial charge in [0.15, 0.2) is 0 Å². The molecule has 0 bridgehead atoms. The van der Waals surface area contributed by atoms with Crippen LogP contribution in [0.25, 0.3) is 0 Å². The fourth-order valence-electron chi connectivity index (χ4n) is 1.24. The van der Waals surface area contributed by atoms with Crippen LogP contribution in [0.5, 0.6) is 0 Å². The van der Waals surface area contributed by atoms with Crippen LogP contribution in [0.2, 0.25) is 0 Å². The molecule has 4 heteroatoms. The van der Waals surface area contributed by atoms with Gasteiger partial charge in [-0.2, -0.15) is 5.26 Å². The zero-order chi connectivity index (χ0) is 12.9. The van der Waals surface area contributed by atoms with Crippen LogP contribution in [0.4, 0.5) is 4.39 Å². The van der Waals surface area contributed by atoms with Crippen LogP contribution in [0, 0.1) is 16.7 Å². The van der Waals surface area contributed by atoms with Gasteiger partial charge in [-0.15, -0.1) is 0 Å². The second kappa shape index (κ2) is 5.44. The lowest BCUT2D eigenvalue weighted by Crippen LogP contribution is -2.30. The number of amides is 1. The molecule has 1 rings (SSSR count). The van der Waals surface area contributed by atoms with Crippen LogP contribution >= 0.6 is 0 Å². The van der Waals surface area contributed by atoms with Gasteiger partial charge in [0.05, 0.1) is 6.07 Å². The Balaban J connectivity index is 2.64. The number of hydrogen-bond donors (Lipinski definition) is 1. The Morgan fingerprint density at radius 1 is 1.35 bits per heavy atom. The number of halogens is 1. The fourth-order valence-corrected chi connectivity index (χ4v) is 1.24. The molecule has 0 aromatic carbocycles. The van der Waals surface area contributed by atoms with Crippen molar-refractivity contribution in [3.63, 3.8) is 0 Å². The zero-order valence-electron chi connectivity index (χ0n) is 9.96. The highest BCUT2D eigenvalue weighted by Crippen LogP contribution is 2.45. The molecule has 0 heterocycles. The number of carbonyl (C=O) groups excluding carboxylic acids is 1. The van der Waals surface area contributed by atoms with Crippen LogP contribution < -0.4 is 5.32 Å². The van der Waals surface area contributed by atoms with Gasteiger partial charge in [-0.25, -0.2) is 4.39 Å². The summed E-state index contributed by atoms with van der Waals surface area (Å²) in [5, 5.41) is 11.5. The standard InChI is InChI=1S/C13H15FN2O/c1-3-10(14)5-6-11(4-2)16-12(17)13(9-15)7-8-13/h3-6H,7-8H2,1-2H3,(H,16,17)/b6-5-,10-3-,11-4+. The van der Waals surface area contributed by atoms with Gasteiger partial charge in [0.1, 0.15) is 11.2 Å². The van der Waals surface area contributed by atoms with E-state index in [9.17, 15) is 9.18 Å². The van der Waals surface area contributed by atoms with Gasteiger partial charge in [0, 0.05) is 5.70 Å². The minimum absolute atomic E-state index is 0.307. The van der Waals surface area contributed by atoms with Crippen LogP contribution in [0.15, 0.2) is 35.8 Å². The largest absolute Gasteiger partial charge is 0.325 e. The van der Waals surface area contributed by atoms with E-state index in [0.717, 1.165) is 0 Å². The molecule has 1 aliphatic carbocycles. The predicted molar refractivity (Wildman–Crippen MR) is 63.2 cm³/mol. The minimum Gasteiger partial charge on any atom is -0.325 e. The van der Waals surface area contributed by atoms with Crippen LogP contribution in [-0.4, -0.2) is 5.91 Å². The molecular formula is C13H15FN2O. The number of rotatable bonds is 4. The lowest BCUT2D eigenvalue weighted by atomic mass is 10.1. The van der Waals surface area contributed by atoms with Gasteiger partial charge < -0.3 is 5.32 Å². The second-order valence-corrected chi connectivity index (χ2v) is 3.90. The van der Waals surface area contributed by atoms with E-state index in [-0.39, 0.29) is 11.7 Å². The fraction of sp³-hybridized carbons (Fsp3) is 0.385. The van der Waals surface area contributed by atoms with Gasteiger partial charge in [-0.1, -0.05) is 12.2 Å². The summed E-state index contributed by atoms with van der Waals surface area (Å²) in [5.41, 5.74) is -0.366. The molecule has 1 aliphatic rings. The number of hydrogen-bond acceptors (Lipinski definition) is 2. The number of allylic oxidation sites excluding steroid dienone is 5. The average Bonchev–Trinajstić information content (AvgIpc) is 3.14. The van der Waals surface area contributed by atoms with Crippen molar-refractivity contribution in [3.05, 3.63) is 35.8 Å². The van der Waals surface area contributed by atoms with Gasteiger partial charge in [-0.3, -0.25) is 4.79 Å². The molecule has 0 radical (unpaired) electrons. The molecule has 0 aromatic rings. The number of nitrogens with zero attached hydrogens (tertiary/aromatic N) is 1. The normalized spacial score (nSPS) is 18.9. The third-order valence-electron chi connectivity index (χ3n) is 2.67. The number of carbonyl (C=O) groups is 1. The van der Waals surface area contributed by atoms with Gasteiger partial charge >= 0.3 is 0 Å². The average molecular weight is 234 g/mol. The Hall–Kier alpha value is -1.89. The Morgan fingerprint density at radius 2 is 2.00 bits per heavy atom. The van der Waals surface area contributed by atoms with Crippen molar-refractivity contribution >= 4 is 5.91 Å². The maximum Gasteiger partial charge on any atom is 0.244 e. The lowest BCUT2D eigenvalue weighted by Gasteiger charge is -2.08. The highest BCUT2D eigenvalue weighted by molar-refractivity contribution is 5.89. The van der Waals surface area contributed by atoms with Crippen molar-refractivity contribution in [1.82, 2.24) is 5.32 Å². The molecule has 3 nitrogen and oxygen atoms in total. The molecule has 0 saturated heterocycles. The van der Waals surface area contributed by atoms with Crippen molar-refractivity contribution in [2.75, 3.05) is 0 Å². The molecule has 17 heavy (non-hydrogen) atoms. The second-order valence-electron chi connectivity index (χ2n) is 3.90. The van der Waals surface area contributed by atoms with E-state index >= 15 is 0 Å². The van der Waals surface area contributed by atoms with Crippen molar-refractivity contribution in [2.45, 2.75) is 26.7 Å². The molecule has 0 aromatic heterocycles. The van der Waals surface area contributed by atoms with Crippen molar-refractivity contribution in [3.8, 4) is 6.07 Å². The summed E-state index contributed by atoms with van der Waals surface area (Å²) < 4.78 is 12.9. The first kappa shape index (κ1) is 13.2. The first-order valence-electron chi connectivity index (χ1n) is 5.47. The van der Waals surface area contributed by atoms with E-state index in [0.29, 0.717) is 18.5 Å². The first-order chi connectivity index (χ1) is 8.07. The van der Waals surface area contributed by atoms with E-state index in [4.69, 9.17) is 5.26 Å². The van der Waals surface area contributed by atoms with E-state index < -0.39 is 5.41 Å². The molecule has 90 valence electrons. The zero-order valence-corrected chi connectivity index (χ0v) is 9.96. The molecule has 1 fully saturated rings. The van der Waals surface area contributed by atoms with Crippen molar-refractivity contribution in [1.29, 1.82) is 5.26 Å². The summed E-state index contributed by atoms with van der Waals surface area (Å²) in [5.74, 6) is -0.682. The van der Waals surface area contributed by atoms with E-state index in [1.165, 1.54) is 18.2 Å². The van der Waals surface area contributed by atoms with E-state index in [1.807, 2.05) is 6.07 Å². The van der Waals surface area contributed by atoms with Crippen LogP contribution in [0.3, 0.4) is 0 Å². The number of nitrogens with one attached hydrogen (secondary N) is 1. The summed E-state index contributed by atoms with van der Waals surface area (Å²) in [6.07, 6.45) is 6.91. The molecule has 0 aliphatic heterocycles. The van der Waals surface area contributed by atoms with Gasteiger partial charge in [-0.05, 0) is 38.8 Å². The van der Waals surface area contributed by atoms with Crippen LogP contribution in [0.1, 0.15) is 26.7 Å². The predicted octanol–water partition coefficient (Wildman–Crippen LogP) is 2.74. The summed E-state index contributed by atoms with van der Waals surface area (Å²) in [4.78, 5) is 11.7. The quantitative estimate of drug-likeness (QED) is 0.760. The summed E-state index contributed by atoms with van der Waals surface area (Å²) in [6, 6.07) is 2.01. The Morgan fingerprint density at radius 3 is 2.41 bits per heavy atom. The monoisotopic (exact) mass is 234 g/mol. The molecule has 1 amide bonds. The van der Waals surface area contributed by atoms with Crippen molar-refractivity contribution in [2.24, 2.45) is 5.41 Å². The lowest BCUT2D eigenvalue weighted by molar-refractivity contribution is -0.123. The molecule has 0 spiro atoms. The summed E-state index contributed by atoms with van der Waals surface area (Å²) in [6.45, 7) is 3.32. The van der Waals surface area contributed by atoms with E-state index in [2.05, 4.69) is 5.32 Å². The first-order valence-corrected chi connectivity index (χ1v) is 5.47. The maximum absolute atomic E-state index is 12.9. The summed E-state index contributed by atoms with van der Waals surface area (Å²) >= 11 is 0. The smallest absolute Gasteiger partial charge is 0.244 e. The molecule has 1 saturated carbocycles. The Bertz CT molecular complexity index is 437. The molecule has 0 unspecified atom stereocenters. The molecule has 0 atom stereocenters. The highest BCUT2D eigenvalue weighted by Gasteiger charge is 2.50. The van der Waals surface area contributed by atoms with Crippen molar-refractivity contribution < 1.29 is 9.18 Å². The Kier molecular flexibility index (Phi) is 4.22. The minimum atomic E-state index is -0.860.